The fourth-order valence-electron chi connectivity index (χ4n) is 2.86. The number of rotatable bonds is 2. The van der Waals surface area contributed by atoms with Crippen LogP contribution in [0.25, 0.3) is 0 Å². The number of aliphatic carboxylic acids is 1. The summed E-state index contributed by atoms with van der Waals surface area (Å²) >= 11 is 0. The van der Waals surface area contributed by atoms with Crippen molar-refractivity contribution in [2.24, 2.45) is 0 Å². The first-order valence-electron chi connectivity index (χ1n) is 6.56. The summed E-state index contributed by atoms with van der Waals surface area (Å²) in [6.45, 7) is 1.08. The van der Waals surface area contributed by atoms with Gasteiger partial charge in [0, 0.05) is 13.1 Å². The largest absolute Gasteiger partial charge is 0.480 e. The number of hydrogen-bond acceptors (Lipinski definition) is 3. The highest BCUT2D eigenvalue weighted by molar-refractivity contribution is 5.83. The Balaban J connectivity index is 2.08. The lowest BCUT2D eigenvalue weighted by atomic mass is 10.0. The van der Waals surface area contributed by atoms with Crippen LogP contribution in [-0.2, 0) is 4.79 Å². The number of carboxylic acid groups (broad SMARTS) is 1. The molecule has 0 saturated carbocycles. The molecule has 6 nitrogen and oxygen atoms in total. The van der Waals surface area contributed by atoms with Gasteiger partial charge < -0.3 is 20.0 Å². The molecule has 0 aromatic carbocycles. The van der Waals surface area contributed by atoms with Crippen molar-refractivity contribution in [2.45, 2.75) is 44.2 Å². The third-order valence-electron chi connectivity index (χ3n) is 3.87. The summed E-state index contributed by atoms with van der Waals surface area (Å²) in [4.78, 5) is 26.6. The number of carbonyl (C=O) groups is 2. The van der Waals surface area contributed by atoms with Crippen molar-refractivity contribution < 1.29 is 19.8 Å². The van der Waals surface area contributed by atoms with Crippen LogP contribution in [0.3, 0.4) is 0 Å². The summed E-state index contributed by atoms with van der Waals surface area (Å²) < 4.78 is 0. The second kappa shape index (κ2) is 5.56. The molecule has 2 heterocycles. The van der Waals surface area contributed by atoms with Crippen LogP contribution in [0.1, 0.15) is 32.1 Å². The quantitative estimate of drug-likeness (QED) is 0.754. The van der Waals surface area contributed by atoms with Crippen molar-refractivity contribution in [1.82, 2.24) is 9.80 Å². The number of carbonyl (C=O) groups excluding carboxylic acids is 1. The summed E-state index contributed by atoms with van der Waals surface area (Å²) in [6.07, 6.45) is 3.91. The maximum atomic E-state index is 12.4. The molecule has 102 valence electrons. The first kappa shape index (κ1) is 13.1. The number of likely N-dealkylation sites (tertiary alicyclic amines) is 2. The second-order valence-electron chi connectivity index (χ2n) is 5.00. The van der Waals surface area contributed by atoms with E-state index in [4.69, 9.17) is 5.11 Å². The predicted molar refractivity (Wildman–Crippen MR) is 64.2 cm³/mol. The minimum absolute atomic E-state index is 0.0443. The molecule has 18 heavy (non-hydrogen) atoms. The van der Waals surface area contributed by atoms with E-state index in [-0.39, 0.29) is 18.7 Å². The second-order valence-corrected chi connectivity index (χ2v) is 5.00. The molecule has 6 heteroatoms. The molecule has 0 bridgehead atoms. The van der Waals surface area contributed by atoms with Crippen LogP contribution in [0.2, 0.25) is 0 Å². The van der Waals surface area contributed by atoms with Crippen LogP contribution in [0.4, 0.5) is 4.79 Å². The Bertz CT molecular complexity index is 334. The normalized spacial score (nSPS) is 28.5. The van der Waals surface area contributed by atoms with E-state index in [1.807, 2.05) is 0 Å². The number of aliphatic hydroxyl groups excluding tert-OH is 1. The van der Waals surface area contributed by atoms with Crippen LogP contribution in [0, 0.1) is 0 Å². The summed E-state index contributed by atoms with van der Waals surface area (Å²) in [5.74, 6) is -0.928. The molecule has 2 rings (SSSR count). The van der Waals surface area contributed by atoms with Crippen molar-refractivity contribution >= 4 is 12.0 Å². The van der Waals surface area contributed by atoms with Crippen LogP contribution in [0.5, 0.6) is 0 Å². The molecule has 2 N–H and O–H groups in total. The van der Waals surface area contributed by atoms with Gasteiger partial charge in [0.1, 0.15) is 6.04 Å². The van der Waals surface area contributed by atoms with Gasteiger partial charge in [0.05, 0.1) is 12.6 Å². The first-order valence-corrected chi connectivity index (χ1v) is 6.56. The highest BCUT2D eigenvalue weighted by Crippen LogP contribution is 2.23. The van der Waals surface area contributed by atoms with Gasteiger partial charge in [-0.3, -0.25) is 0 Å². The summed E-state index contributed by atoms with van der Waals surface area (Å²) in [5.41, 5.74) is 0. The van der Waals surface area contributed by atoms with Crippen molar-refractivity contribution in [2.75, 3.05) is 19.7 Å². The van der Waals surface area contributed by atoms with E-state index in [1.165, 1.54) is 4.90 Å². The molecule has 2 fully saturated rings. The maximum Gasteiger partial charge on any atom is 0.326 e. The van der Waals surface area contributed by atoms with E-state index < -0.39 is 12.0 Å². The highest BCUT2D eigenvalue weighted by Gasteiger charge is 2.37. The average Bonchev–Trinajstić information content (AvgIpc) is 2.86. The van der Waals surface area contributed by atoms with Gasteiger partial charge in [0.25, 0.3) is 0 Å². The molecule has 2 atom stereocenters. The number of carboxylic acids is 1. The Morgan fingerprint density at radius 2 is 1.78 bits per heavy atom. The molecule has 0 spiro atoms. The molecule has 2 aliphatic heterocycles. The van der Waals surface area contributed by atoms with Gasteiger partial charge in [-0.05, 0) is 32.1 Å². The van der Waals surface area contributed by atoms with Gasteiger partial charge in [-0.15, -0.1) is 0 Å². The van der Waals surface area contributed by atoms with E-state index in [0.717, 1.165) is 25.7 Å². The Morgan fingerprint density at radius 3 is 2.44 bits per heavy atom. The van der Waals surface area contributed by atoms with Gasteiger partial charge >= 0.3 is 12.0 Å². The molecule has 0 aromatic heterocycles. The van der Waals surface area contributed by atoms with E-state index in [1.54, 1.807) is 4.90 Å². The zero-order valence-corrected chi connectivity index (χ0v) is 10.4. The van der Waals surface area contributed by atoms with Crippen LogP contribution in [0.15, 0.2) is 0 Å². The molecule has 2 saturated heterocycles. The van der Waals surface area contributed by atoms with Crippen molar-refractivity contribution in [3.05, 3.63) is 0 Å². The topological polar surface area (TPSA) is 81.1 Å². The number of nitrogens with zero attached hydrogens (tertiary/aromatic N) is 2. The third-order valence-corrected chi connectivity index (χ3v) is 3.87. The van der Waals surface area contributed by atoms with Crippen LogP contribution < -0.4 is 0 Å². The Kier molecular flexibility index (Phi) is 4.06. The Hall–Kier alpha value is -1.30. The predicted octanol–water partition coefficient (Wildman–Crippen LogP) is 0.502. The first-order chi connectivity index (χ1) is 8.65. The fraction of sp³-hybridized carbons (Fsp3) is 0.833. The Labute approximate surface area is 106 Å². The standard InChI is InChI=1S/C12H20N2O4/c15-8-9-4-3-7-13(9)12(18)14-6-2-1-5-10(14)11(16)17/h9-10,15H,1-8H2,(H,16,17). The molecule has 0 radical (unpaired) electrons. The minimum Gasteiger partial charge on any atom is -0.480 e. The van der Waals surface area contributed by atoms with Gasteiger partial charge in [-0.2, -0.15) is 0 Å². The number of piperidine rings is 1. The smallest absolute Gasteiger partial charge is 0.326 e. The van der Waals surface area contributed by atoms with E-state index in [0.29, 0.717) is 19.5 Å². The maximum absolute atomic E-state index is 12.4. The molecular formula is C12H20N2O4. The zero-order chi connectivity index (χ0) is 13.1. The SMILES string of the molecule is O=C(O)C1CCCCN1C(=O)N1CCCC1CO. The van der Waals surface area contributed by atoms with Gasteiger partial charge in [0.2, 0.25) is 0 Å². The van der Waals surface area contributed by atoms with Crippen molar-refractivity contribution in [3.63, 3.8) is 0 Å². The average molecular weight is 256 g/mol. The summed E-state index contributed by atoms with van der Waals surface area (Å²) in [5, 5.41) is 18.4. The number of hydrogen-bond donors (Lipinski definition) is 2. The van der Waals surface area contributed by atoms with Crippen LogP contribution in [-0.4, -0.2) is 63.8 Å². The molecule has 2 unspecified atom stereocenters. The highest BCUT2D eigenvalue weighted by atomic mass is 16.4. The molecule has 2 aliphatic rings. The summed E-state index contributed by atoms with van der Waals surface area (Å²) in [7, 11) is 0. The van der Waals surface area contributed by atoms with E-state index >= 15 is 0 Å². The zero-order valence-electron chi connectivity index (χ0n) is 10.4. The van der Waals surface area contributed by atoms with Gasteiger partial charge in [-0.1, -0.05) is 0 Å². The minimum atomic E-state index is -0.928. The van der Waals surface area contributed by atoms with Crippen molar-refractivity contribution in [3.8, 4) is 0 Å². The Morgan fingerprint density at radius 1 is 1.06 bits per heavy atom. The summed E-state index contributed by atoms with van der Waals surface area (Å²) in [6, 6.07) is -1.07. The molecular weight excluding hydrogens is 236 g/mol. The lowest BCUT2D eigenvalue weighted by molar-refractivity contribution is -0.143. The third kappa shape index (κ3) is 2.43. The van der Waals surface area contributed by atoms with E-state index in [9.17, 15) is 14.7 Å². The van der Waals surface area contributed by atoms with Crippen LogP contribution >= 0.6 is 0 Å². The number of aliphatic hydroxyl groups is 1. The van der Waals surface area contributed by atoms with Gasteiger partial charge in [0.15, 0.2) is 0 Å². The molecule has 0 aliphatic carbocycles. The number of urea groups is 1. The van der Waals surface area contributed by atoms with E-state index in [2.05, 4.69) is 0 Å². The number of amides is 2. The lowest BCUT2D eigenvalue weighted by Crippen LogP contribution is -2.54. The molecule has 0 aromatic rings. The fourth-order valence-corrected chi connectivity index (χ4v) is 2.86. The van der Waals surface area contributed by atoms with Gasteiger partial charge in [-0.25, -0.2) is 9.59 Å². The lowest BCUT2D eigenvalue weighted by Gasteiger charge is -2.37. The van der Waals surface area contributed by atoms with Crippen molar-refractivity contribution in [1.29, 1.82) is 0 Å². The molecule has 2 amide bonds. The monoisotopic (exact) mass is 256 g/mol.